The molecule has 0 saturated heterocycles. The molecule has 0 aromatic heterocycles. The van der Waals surface area contributed by atoms with E-state index >= 15 is 0 Å². The molecule has 0 saturated carbocycles. The monoisotopic (exact) mass is 242 g/mol. The molecule has 0 amide bonds. The van der Waals surface area contributed by atoms with Gasteiger partial charge in [-0.15, -0.1) is 0 Å². The Hall–Kier alpha value is -1.30. The van der Waals surface area contributed by atoms with Gasteiger partial charge in [-0.05, 0) is 6.92 Å². The van der Waals surface area contributed by atoms with Gasteiger partial charge in [0.1, 0.15) is 0 Å². The fraction of sp³-hybridized carbons (Fsp3) is 0.818. The minimum absolute atomic E-state index is 0.270. The summed E-state index contributed by atoms with van der Waals surface area (Å²) in [5.74, 6) is 0.481. The molecule has 2 rings (SSSR count). The third-order valence-electron chi connectivity index (χ3n) is 2.32. The summed E-state index contributed by atoms with van der Waals surface area (Å²) in [6, 6.07) is 0. The average Bonchev–Trinajstić information content (AvgIpc) is 2.40. The lowest BCUT2D eigenvalue weighted by molar-refractivity contribution is -0.0684. The first kappa shape index (κ1) is 12.2. The van der Waals surface area contributed by atoms with Crippen molar-refractivity contribution < 1.29 is 18.9 Å². The van der Waals surface area contributed by atoms with E-state index in [1.165, 1.54) is 0 Å². The second-order valence-electron chi connectivity index (χ2n) is 3.68. The quantitative estimate of drug-likeness (QED) is 0.689. The molecule has 0 fully saturated rings. The summed E-state index contributed by atoms with van der Waals surface area (Å²) < 4.78 is 21.7. The van der Waals surface area contributed by atoms with E-state index in [0.717, 1.165) is 25.9 Å². The third-order valence-corrected chi connectivity index (χ3v) is 2.32. The van der Waals surface area contributed by atoms with Crippen LogP contribution in [0.15, 0.2) is 9.98 Å². The molecule has 17 heavy (non-hydrogen) atoms. The predicted octanol–water partition coefficient (Wildman–Crippen LogP) is 0.961. The van der Waals surface area contributed by atoms with Crippen molar-refractivity contribution in [3.05, 3.63) is 0 Å². The Kier molecular flexibility index (Phi) is 4.61. The highest BCUT2D eigenvalue weighted by atomic mass is 16.8. The van der Waals surface area contributed by atoms with Gasteiger partial charge in [-0.3, -0.25) is 0 Å². The number of ether oxygens (including phenoxy) is 4. The van der Waals surface area contributed by atoms with Gasteiger partial charge in [0.2, 0.25) is 0 Å². The minimum Gasteiger partial charge on any atom is -0.476 e. The Bertz CT molecular complexity index is 304. The summed E-state index contributed by atoms with van der Waals surface area (Å²) in [5.41, 5.74) is 0. The van der Waals surface area contributed by atoms with Gasteiger partial charge in [-0.1, -0.05) is 0 Å². The third kappa shape index (κ3) is 3.59. The van der Waals surface area contributed by atoms with E-state index in [1.54, 1.807) is 0 Å². The topological polar surface area (TPSA) is 61.6 Å². The Balaban J connectivity index is 1.95. The first-order chi connectivity index (χ1) is 8.40. The van der Waals surface area contributed by atoms with Crippen LogP contribution in [-0.4, -0.2) is 51.2 Å². The average molecular weight is 242 g/mol. The molecule has 0 aliphatic carbocycles. The lowest BCUT2D eigenvalue weighted by Crippen LogP contribution is -2.35. The molecular formula is C11H18N2O4. The van der Waals surface area contributed by atoms with Gasteiger partial charge >= 0.3 is 6.08 Å². The molecule has 0 bridgehead atoms. The van der Waals surface area contributed by atoms with Crippen LogP contribution >= 0.6 is 0 Å². The highest BCUT2D eigenvalue weighted by molar-refractivity contribution is 5.82. The van der Waals surface area contributed by atoms with E-state index in [9.17, 15) is 0 Å². The number of nitrogens with zero attached hydrogens (tertiary/aromatic N) is 2. The van der Waals surface area contributed by atoms with Crippen LogP contribution in [0.1, 0.15) is 19.8 Å². The largest absolute Gasteiger partial charge is 0.476 e. The molecule has 96 valence electrons. The standard InChI is InChI=1S/C11H18N2O4/c1-2-14-10(9-12-5-3-7-15-9)17-11-13-6-4-8-16-11/h10H,2-8H2,1H3. The van der Waals surface area contributed by atoms with Crippen LogP contribution in [0.4, 0.5) is 0 Å². The number of rotatable bonds is 4. The summed E-state index contributed by atoms with van der Waals surface area (Å²) >= 11 is 0. The SMILES string of the molecule is CCOC(OC1=NCCCO1)C1=NCCCO1. The molecule has 1 atom stereocenters. The highest BCUT2D eigenvalue weighted by Gasteiger charge is 2.25. The molecule has 2 heterocycles. The fourth-order valence-corrected chi connectivity index (χ4v) is 1.53. The molecule has 2 aliphatic rings. The van der Waals surface area contributed by atoms with Crippen molar-refractivity contribution >= 4 is 12.0 Å². The van der Waals surface area contributed by atoms with Crippen LogP contribution in [0, 0.1) is 0 Å². The fourth-order valence-electron chi connectivity index (χ4n) is 1.53. The lowest BCUT2D eigenvalue weighted by Gasteiger charge is -2.24. The molecule has 1 unspecified atom stereocenters. The summed E-state index contributed by atoms with van der Waals surface area (Å²) in [6.07, 6.45) is 1.48. The zero-order valence-corrected chi connectivity index (χ0v) is 10.1. The van der Waals surface area contributed by atoms with Crippen molar-refractivity contribution in [1.82, 2.24) is 0 Å². The lowest BCUT2D eigenvalue weighted by atomic mass is 10.4. The maximum atomic E-state index is 5.52. The van der Waals surface area contributed by atoms with E-state index < -0.39 is 6.29 Å². The van der Waals surface area contributed by atoms with Crippen LogP contribution in [0.2, 0.25) is 0 Å². The summed E-state index contributed by atoms with van der Waals surface area (Å²) in [6.45, 7) is 5.16. The molecular weight excluding hydrogens is 224 g/mol. The second kappa shape index (κ2) is 6.44. The summed E-state index contributed by atoms with van der Waals surface area (Å²) in [5, 5.41) is 0. The Morgan fingerprint density at radius 2 is 1.94 bits per heavy atom. The summed E-state index contributed by atoms with van der Waals surface area (Å²) in [4.78, 5) is 8.38. The highest BCUT2D eigenvalue weighted by Crippen LogP contribution is 2.09. The van der Waals surface area contributed by atoms with Gasteiger partial charge in [-0.25, -0.2) is 9.98 Å². The van der Waals surface area contributed by atoms with Gasteiger partial charge in [0, 0.05) is 32.5 Å². The van der Waals surface area contributed by atoms with Crippen LogP contribution in [0.5, 0.6) is 0 Å². The van der Waals surface area contributed by atoms with Gasteiger partial charge < -0.3 is 18.9 Å². The molecule has 0 radical (unpaired) electrons. The Morgan fingerprint density at radius 1 is 1.18 bits per heavy atom. The van der Waals surface area contributed by atoms with Gasteiger partial charge in [0.05, 0.1) is 13.2 Å². The Morgan fingerprint density at radius 3 is 2.53 bits per heavy atom. The predicted molar refractivity (Wildman–Crippen MR) is 62.2 cm³/mol. The zero-order valence-electron chi connectivity index (χ0n) is 10.1. The van der Waals surface area contributed by atoms with Gasteiger partial charge in [0.25, 0.3) is 12.2 Å². The van der Waals surface area contributed by atoms with Crippen molar-refractivity contribution in [2.75, 3.05) is 32.9 Å². The maximum absolute atomic E-state index is 5.52. The van der Waals surface area contributed by atoms with Gasteiger partial charge in [0.15, 0.2) is 0 Å². The van der Waals surface area contributed by atoms with Crippen molar-refractivity contribution in [1.29, 1.82) is 0 Å². The van der Waals surface area contributed by atoms with E-state index in [1.807, 2.05) is 6.92 Å². The van der Waals surface area contributed by atoms with Crippen molar-refractivity contribution in [3.63, 3.8) is 0 Å². The van der Waals surface area contributed by atoms with E-state index in [4.69, 9.17) is 18.9 Å². The van der Waals surface area contributed by atoms with Crippen LogP contribution in [-0.2, 0) is 18.9 Å². The van der Waals surface area contributed by atoms with E-state index in [0.29, 0.717) is 25.7 Å². The molecule has 0 spiro atoms. The molecule has 0 aromatic rings. The second-order valence-corrected chi connectivity index (χ2v) is 3.68. The van der Waals surface area contributed by atoms with E-state index in [-0.39, 0.29) is 6.08 Å². The molecule has 6 heteroatoms. The number of aliphatic imine (C=N–C) groups is 2. The summed E-state index contributed by atoms with van der Waals surface area (Å²) in [7, 11) is 0. The van der Waals surface area contributed by atoms with Crippen molar-refractivity contribution in [2.24, 2.45) is 9.98 Å². The van der Waals surface area contributed by atoms with Crippen LogP contribution in [0.25, 0.3) is 0 Å². The normalized spacial score (nSPS) is 21.7. The van der Waals surface area contributed by atoms with Crippen LogP contribution < -0.4 is 0 Å². The molecule has 2 aliphatic heterocycles. The maximum Gasteiger partial charge on any atom is 0.386 e. The first-order valence-electron chi connectivity index (χ1n) is 6.03. The van der Waals surface area contributed by atoms with Crippen LogP contribution in [0.3, 0.4) is 0 Å². The number of hydrogen-bond donors (Lipinski definition) is 0. The molecule has 0 N–H and O–H groups in total. The van der Waals surface area contributed by atoms with E-state index in [2.05, 4.69) is 9.98 Å². The molecule has 0 aromatic carbocycles. The first-order valence-corrected chi connectivity index (χ1v) is 6.03. The van der Waals surface area contributed by atoms with Crippen molar-refractivity contribution in [3.8, 4) is 0 Å². The minimum atomic E-state index is -0.642. The smallest absolute Gasteiger partial charge is 0.386 e. The van der Waals surface area contributed by atoms with Crippen molar-refractivity contribution in [2.45, 2.75) is 26.1 Å². The number of hydrogen-bond acceptors (Lipinski definition) is 6. The zero-order chi connectivity index (χ0) is 11.9. The Labute approximate surface area is 101 Å². The van der Waals surface area contributed by atoms with Gasteiger partial charge in [-0.2, -0.15) is 0 Å². The molecule has 6 nitrogen and oxygen atoms in total.